The minimum atomic E-state index is -0.355. The number of nitrogens with zero attached hydrogens (tertiary/aromatic N) is 2. The largest absolute Gasteiger partial charge is 0.489 e. The second-order valence-corrected chi connectivity index (χ2v) is 5.14. The number of benzene rings is 1. The van der Waals surface area contributed by atoms with E-state index in [9.17, 15) is 4.39 Å². The number of hydrogen-bond donors (Lipinski definition) is 1. The predicted molar refractivity (Wildman–Crippen MR) is 81.8 cm³/mol. The molecule has 1 saturated heterocycles. The highest BCUT2D eigenvalue weighted by atomic mass is 19.1. The number of rotatable bonds is 4. The average Bonchev–Trinajstić information content (AvgIpc) is 2.50. The Hall–Kier alpha value is -1.61. The van der Waals surface area contributed by atoms with Gasteiger partial charge >= 0.3 is 0 Å². The highest BCUT2D eigenvalue weighted by Crippen LogP contribution is 2.18. The fraction of sp³-hybridized carbons (Fsp3) is 0.500. The Morgan fingerprint density at radius 2 is 2.05 bits per heavy atom. The summed E-state index contributed by atoms with van der Waals surface area (Å²) in [5.74, 6) is 5.53. The van der Waals surface area contributed by atoms with Crippen molar-refractivity contribution in [1.82, 2.24) is 9.80 Å². The van der Waals surface area contributed by atoms with Gasteiger partial charge in [0.25, 0.3) is 0 Å². The molecule has 0 atom stereocenters. The Bertz CT molecular complexity index is 516. The first-order chi connectivity index (χ1) is 10.2. The van der Waals surface area contributed by atoms with Crippen molar-refractivity contribution < 1.29 is 9.13 Å². The molecule has 1 heterocycles. The number of nitrogens with two attached hydrogens (primary N) is 1. The highest BCUT2D eigenvalue weighted by Gasteiger charge is 2.13. The van der Waals surface area contributed by atoms with Gasteiger partial charge in [-0.25, -0.2) is 4.39 Å². The molecule has 0 spiro atoms. The van der Waals surface area contributed by atoms with Gasteiger partial charge in [-0.2, -0.15) is 0 Å². The molecule has 2 N–H and O–H groups in total. The lowest BCUT2D eigenvalue weighted by atomic mass is 10.2. The molecule has 0 unspecified atom stereocenters. The van der Waals surface area contributed by atoms with Crippen LogP contribution in [0.1, 0.15) is 5.56 Å². The molecule has 1 aliphatic heterocycles. The van der Waals surface area contributed by atoms with Crippen molar-refractivity contribution in [2.24, 2.45) is 5.73 Å². The van der Waals surface area contributed by atoms with Crippen LogP contribution in [0.15, 0.2) is 18.2 Å². The molecule has 1 aliphatic rings. The maximum absolute atomic E-state index is 13.7. The molecule has 1 fully saturated rings. The number of ether oxygens (including phenoxy) is 1. The molecule has 0 radical (unpaired) electrons. The van der Waals surface area contributed by atoms with Gasteiger partial charge in [-0.1, -0.05) is 11.8 Å². The van der Waals surface area contributed by atoms with Crippen LogP contribution < -0.4 is 10.5 Å². The lowest BCUT2D eigenvalue weighted by molar-refractivity contribution is 0.132. The van der Waals surface area contributed by atoms with Gasteiger partial charge in [0.1, 0.15) is 6.61 Å². The van der Waals surface area contributed by atoms with Crippen molar-refractivity contribution in [3.63, 3.8) is 0 Å². The number of piperazine rings is 1. The van der Waals surface area contributed by atoms with Crippen LogP contribution in [0, 0.1) is 17.7 Å². The summed E-state index contributed by atoms with van der Waals surface area (Å²) in [5.41, 5.74) is 6.05. The van der Waals surface area contributed by atoms with Crippen molar-refractivity contribution in [3.8, 4) is 17.6 Å². The molecule has 0 bridgehead atoms. The van der Waals surface area contributed by atoms with Crippen LogP contribution in [0.2, 0.25) is 0 Å². The third kappa shape index (κ3) is 5.01. The average molecular weight is 291 g/mol. The lowest BCUT2D eigenvalue weighted by Crippen LogP contribution is -2.45. The fourth-order valence-corrected chi connectivity index (χ4v) is 2.20. The zero-order valence-electron chi connectivity index (χ0n) is 12.4. The van der Waals surface area contributed by atoms with Gasteiger partial charge in [0.05, 0.1) is 6.54 Å². The molecule has 0 aromatic heterocycles. The van der Waals surface area contributed by atoms with Crippen molar-refractivity contribution in [1.29, 1.82) is 0 Å². The van der Waals surface area contributed by atoms with Crippen LogP contribution in [-0.4, -0.2) is 62.7 Å². The van der Waals surface area contributed by atoms with Crippen LogP contribution in [0.25, 0.3) is 0 Å². The van der Waals surface area contributed by atoms with E-state index in [2.05, 4.69) is 28.7 Å². The number of likely N-dealkylation sites (N-methyl/N-ethyl adjacent to an activating group) is 1. The summed E-state index contributed by atoms with van der Waals surface area (Å²) in [6, 6.07) is 4.64. The first-order valence-electron chi connectivity index (χ1n) is 7.21. The third-order valence-corrected chi connectivity index (χ3v) is 3.53. The van der Waals surface area contributed by atoms with Gasteiger partial charge in [-0.15, -0.1) is 0 Å². The summed E-state index contributed by atoms with van der Waals surface area (Å²) < 4.78 is 19.2. The topological polar surface area (TPSA) is 41.7 Å². The molecule has 0 saturated carbocycles. The first kappa shape index (κ1) is 15.8. The summed E-state index contributed by atoms with van der Waals surface area (Å²) in [5, 5.41) is 0. The second-order valence-electron chi connectivity index (χ2n) is 5.14. The quantitative estimate of drug-likeness (QED) is 0.832. The maximum atomic E-state index is 13.7. The van der Waals surface area contributed by atoms with E-state index in [1.54, 1.807) is 12.1 Å². The van der Waals surface area contributed by atoms with Crippen molar-refractivity contribution in [3.05, 3.63) is 29.6 Å². The lowest BCUT2D eigenvalue weighted by Gasteiger charge is -2.32. The summed E-state index contributed by atoms with van der Waals surface area (Å²) in [7, 11) is 2.12. The van der Waals surface area contributed by atoms with Crippen LogP contribution in [-0.2, 0) is 0 Å². The molecule has 21 heavy (non-hydrogen) atoms. The Morgan fingerprint density at radius 3 is 2.76 bits per heavy atom. The van der Waals surface area contributed by atoms with Gasteiger partial charge in [-0.05, 0) is 25.2 Å². The van der Waals surface area contributed by atoms with E-state index in [-0.39, 0.29) is 18.1 Å². The fourth-order valence-electron chi connectivity index (χ4n) is 2.20. The van der Waals surface area contributed by atoms with Gasteiger partial charge in [0.2, 0.25) is 0 Å². The molecule has 0 aliphatic carbocycles. The van der Waals surface area contributed by atoms with E-state index >= 15 is 0 Å². The van der Waals surface area contributed by atoms with E-state index in [1.807, 2.05) is 0 Å². The summed E-state index contributed by atoms with van der Waals surface area (Å²) in [4.78, 5) is 4.63. The van der Waals surface area contributed by atoms with Crippen LogP contribution in [0.3, 0.4) is 0 Å². The monoisotopic (exact) mass is 291 g/mol. The minimum Gasteiger partial charge on any atom is -0.489 e. The van der Waals surface area contributed by atoms with E-state index in [4.69, 9.17) is 10.5 Å². The number of halogens is 1. The molecule has 0 amide bonds. The normalized spacial score (nSPS) is 16.3. The summed E-state index contributed by atoms with van der Waals surface area (Å²) >= 11 is 0. The second kappa shape index (κ2) is 7.99. The van der Waals surface area contributed by atoms with Crippen molar-refractivity contribution in [2.45, 2.75) is 0 Å². The molecule has 1 aromatic carbocycles. The smallest absolute Gasteiger partial charge is 0.165 e. The Labute approximate surface area is 125 Å². The molecular weight excluding hydrogens is 269 g/mol. The minimum absolute atomic E-state index is 0.257. The van der Waals surface area contributed by atoms with Crippen LogP contribution in [0.4, 0.5) is 4.39 Å². The van der Waals surface area contributed by atoms with Crippen molar-refractivity contribution >= 4 is 0 Å². The van der Waals surface area contributed by atoms with Gasteiger partial charge < -0.3 is 15.4 Å². The Kier molecular flexibility index (Phi) is 6.00. The molecular formula is C16H22FN3O. The highest BCUT2D eigenvalue weighted by molar-refractivity contribution is 5.40. The van der Waals surface area contributed by atoms with Crippen LogP contribution >= 0.6 is 0 Å². The van der Waals surface area contributed by atoms with Gasteiger partial charge in [0.15, 0.2) is 11.6 Å². The van der Waals surface area contributed by atoms with Crippen LogP contribution in [0.5, 0.6) is 5.75 Å². The molecule has 4 nitrogen and oxygen atoms in total. The summed E-state index contributed by atoms with van der Waals surface area (Å²) in [6.45, 7) is 5.78. The molecule has 2 rings (SSSR count). The first-order valence-corrected chi connectivity index (χ1v) is 7.21. The molecule has 114 valence electrons. The van der Waals surface area contributed by atoms with Gasteiger partial charge in [-0.3, -0.25) is 4.90 Å². The summed E-state index contributed by atoms with van der Waals surface area (Å²) in [6.07, 6.45) is 0. The predicted octanol–water partition coefficient (Wildman–Crippen LogP) is 0.762. The zero-order valence-corrected chi connectivity index (χ0v) is 12.4. The maximum Gasteiger partial charge on any atom is 0.165 e. The Balaban J connectivity index is 1.84. The zero-order chi connectivity index (χ0) is 15.1. The Morgan fingerprint density at radius 1 is 1.29 bits per heavy atom. The van der Waals surface area contributed by atoms with Crippen molar-refractivity contribution in [2.75, 3.05) is 52.9 Å². The van der Waals surface area contributed by atoms with E-state index < -0.39 is 0 Å². The molecule has 5 heteroatoms. The third-order valence-electron chi connectivity index (χ3n) is 3.53. The van der Waals surface area contributed by atoms with Gasteiger partial charge in [0, 0.05) is 38.3 Å². The standard InChI is InChI=1S/C16H22FN3O/c1-19-7-9-20(10-8-19)11-12-21-16-13-14(3-2-6-18)4-5-15(16)17/h4-5,13H,6-12,18H2,1H3. The SMILES string of the molecule is CN1CCN(CCOc2cc(C#CCN)ccc2F)CC1. The van der Waals surface area contributed by atoms with E-state index in [1.165, 1.54) is 6.07 Å². The molecule has 1 aromatic rings. The number of hydrogen-bond acceptors (Lipinski definition) is 4. The van der Waals surface area contributed by atoms with E-state index in [0.717, 1.165) is 38.3 Å². The van der Waals surface area contributed by atoms with E-state index in [0.29, 0.717) is 6.61 Å².